The van der Waals surface area contributed by atoms with Gasteiger partial charge in [-0.3, -0.25) is 4.79 Å². The highest BCUT2D eigenvalue weighted by Gasteiger charge is 2.18. The van der Waals surface area contributed by atoms with Gasteiger partial charge in [-0.1, -0.05) is 12.1 Å². The maximum absolute atomic E-state index is 12.3. The molecule has 0 aliphatic rings. The minimum Gasteiger partial charge on any atom is -0.496 e. The summed E-state index contributed by atoms with van der Waals surface area (Å²) < 4.78 is 42.3. The molecular weight excluding hydrogens is 410 g/mol. The van der Waals surface area contributed by atoms with Crippen LogP contribution in [-0.2, 0) is 21.3 Å². The molecule has 0 spiro atoms. The van der Waals surface area contributed by atoms with E-state index in [0.29, 0.717) is 17.1 Å². The summed E-state index contributed by atoms with van der Waals surface area (Å²) in [6.45, 7) is -0.464. The van der Waals surface area contributed by atoms with E-state index in [1.807, 2.05) is 0 Å². The van der Waals surface area contributed by atoms with Crippen LogP contribution in [0.15, 0.2) is 76.2 Å². The van der Waals surface area contributed by atoms with Crippen LogP contribution in [0.2, 0.25) is 0 Å². The Balaban J connectivity index is 1.60. The number of esters is 1. The predicted molar refractivity (Wildman–Crippen MR) is 107 cm³/mol. The van der Waals surface area contributed by atoms with E-state index in [2.05, 4.69) is 4.72 Å². The fourth-order valence-electron chi connectivity index (χ4n) is 2.60. The molecule has 9 heteroatoms. The van der Waals surface area contributed by atoms with E-state index in [1.165, 1.54) is 37.6 Å². The molecule has 1 heterocycles. The maximum atomic E-state index is 12.3. The van der Waals surface area contributed by atoms with E-state index in [9.17, 15) is 18.0 Å². The Bertz CT molecular complexity index is 1120. The van der Waals surface area contributed by atoms with Crippen molar-refractivity contribution in [1.29, 1.82) is 0 Å². The van der Waals surface area contributed by atoms with Crippen LogP contribution >= 0.6 is 0 Å². The Labute approximate surface area is 173 Å². The number of carbonyl (C=O) groups is 2. The van der Waals surface area contributed by atoms with Crippen molar-refractivity contribution in [3.05, 3.63) is 83.8 Å². The van der Waals surface area contributed by atoms with Gasteiger partial charge < -0.3 is 13.9 Å². The van der Waals surface area contributed by atoms with Gasteiger partial charge >= 0.3 is 5.97 Å². The average molecular weight is 429 g/mol. The molecule has 0 bridgehead atoms. The van der Waals surface area contributed by atoms with Crippen LogP contribution < -0.4 is 9.46 Å². The zero-order chi connectivity index (χ0) is 21.6. The van der Waals surface area contributed by atoms with Gasteiger partial charge in [0.05, 0.1) is 35.9 Å². The molecule has 30 heavy (non-hydrogen) atoms. The molecule has 3 rings (SSSR count). The molecule has 1 aromatic heterocycles. The van der Waals surface area contributed by atoms with Crippen molar-refractivity contribution in [2.24, 2.45) is 0 Å². The zero-order valence-corrected chi connectivity index (χ0v) is 16.8. The lowest BCUT2D eigenvalue weighted by Crippen LogP contribution is -2.23. The SMILES string of the molecule is COc1ccccc1C(=O)COC(=O)c1ccc(S(=O)(=O)NCc2ccco2)cc1. The van der Waals surface area contributed by atoms with Gasteiger partial charge in [-0.05, 0) is 48.5 Å². The number of nitrogens with one attached hydrogen (secondary N) is 1. The van der Waals surface area contributed by atoms with Gasteiger partial charge in [0.2, 0.25) is 15.8 Å². The van der Waals surface area contributed by atoms with Crippen LogP contribution in [0, 0.1) is 0 Å². The highest BCUT2D eigenvalue weighted by molar-refractivity contribution is 7.89. The second-order valence-electron chi connectivity index (χ2n) is 6.13. The number of hydrogen-bond acceptors (Lipinski definition) is 7. The molecule has 0 unspecified atom stereocenters. The number of para-hydroxylation sites is 1. The molecule has 0 aliphatic heterocycles. The third kappa shape index (κ3) is 5.13. The summed E-state index contributed by atoms with van der Waals surface area (Å²) in [4.78, 5) is 24.4. The van der Waals surface area contributed by atoms with Crippen molar-refractivity contribution in [3.63, 3.8) is 0 Å². The summed E-state index contributed by atoms with van der Waals surface area (Å²) in [6, 6.07) is 15.1. The minimum atomic E-state index is -3.78. The fraction of sp³-hybridized carbons (Fsp3) is 0.143. The number of furan rings is 1. The van der Waals surface area contributed by atoms with Crippen LogP contribution in [0.5, 0.6) is 5.75 Å². The van der Waals surface area contributed by atoms with Crippen LogP contribution in [0.3, 0.4) is 0 Å². The van der Waals surface area contributed by atoms with Gasteiger partial charge in [0.25, 0.3) is 0 Å². The van der Waals surface area contributed by atoms with Crippen molar-refractivity contribution in [3.8, 4) is 5.75 Å². The van der Waals surface area contributed by atoms with E-state index >= 15 is 0 Å². The third-order valence-corrected chi connectivity index (χ3v) is 5.58. The molecule has 0 saturated heterocycles. The summed E-state index contributed by atoms with van der Waals surface area (Å²) in [5, 5.41) is 0. The van der Waals surface area contributed by atoms with Gasteiger partial charge in [0, 0.05) is 0 Å². The Morgan fingerprint density at radius 2 is 1.73 bits per heavy atom. The molecule has 3 aromatic rings. The van der Waals surface area contributed by atoms with Crippen molar-refractivity contribution < 1.29 is 31.9 Å². The number of hydrogen-bond donors (Lipinski definition) is 1. The van der Waals surface area contributed by atoms with E-state index < -0.39 is 28.4 Å². The largest absolute Gasteiger partial charge is 0.496 e. The molecule has 1 N–H and O–H groups in total. The monoisotopic (exact) mass is 429 g/mol. The third-order valence-electron chi connectivity index (χ3n) is 4.16. The van der Waals surface area contributed by atoms with Gasteiger partial charge in [-0.2, -0.15) is 0 Å². The van der Waals surface area contributed by atoms with E-state index in [0.717, 1.165) is 0 Å². The summed E-state index contributed by atoms with van der Waals surface area (Å²) in [7, 11) is -2.34. The molecule has 0 atom stereocenters. The van der Waals surface area contributed by atoms with Crippen molar-refractivity contribution in [2.75, 3.05) is 13.7 Å². The average Bonchev–Trinajstić information content (AvgIpc) is 3.30. The Morgan fingerprint density at radius 3 is 2.40 bits per heavy atom. The lowest BCUT2D eigenvalue weighted by molar-refractivity contribution is 0.0474. The summed E-state index contributed by atoms with van der Waals surface area (Å²) >= 11 is 0. The maximum Gasteiger partial charge on any atom is 0.338 e. The fourth-order valence-corrected chi connectivity index (χ4v) is 3.59. The Hall–Kier alpha value is -3.43. The molecule has 0 fully saturated rings. The number of Topliss-reactive ketones (excluding diaryl/α,β-unsaturated/α-hetero) is 1. The Morgan fingerprint density at radius 1 is 1.00 bits per heavy atom. The first-order valence-electron chi connectivity index (χ1n) is 8.86. The smallest absolute Gasteiger partial charge is 0.338 e. The summed E-state index contributed by atoms with van der Waals surface area (Å²) in [5.41, 5.74) is 0.421. The summed E-state index contributed by atoms with van der Waals surface area (Å²) in [6.07, 6.45) is 1.45. The lowest BCUT2D eigenvalue weighted by atomic mass is 10.1. The van der Waals surface area contributed by atoms with Gasteiger partial charge in [-0.15, -0.1) is 0 Å². The number of benzene rings is 2. The van der Waals surface area contributed by atoms with Crippen LogP contribution in [0.25, 0.3) is 0 Å². The predicted octanol–water partition coefficient (Wildman–Crippen LogP) is 2.81. The van der Waals surface area contributed by atoms with E-state index in [1.54, 1.807) is 36.4 Å². The molecule has 156 valence electrons. The van der Waals surface area contributed by atoms with E-state index in [4.69, 9.17) is 13.9 Å². The first-order chi connectivity index (χ1) is 14.4. The highest BCUT2D eigenvalue weighted by atomic mass is 32.2. The molecule has 0 amide bonds. The quantitative estimate of drug-likeness (QED) is 0.411. The molecule has 0 radical (unpaired) electrons. The number of ether oxygens (including phenoxy) is 2. The number of methoxy groups -OCH3 is 1. The number of carbonyl (C=O) groups excluding carboxylic acids is 2. The minimum absolute atomic E-state index is 0.00415. The number of rotatable bonds is 9. The molecule has 0 saturated carbocycles. The first-order valence-corrected chi connectivity index (χ1v) is 10.3. The molecular formula is C21H19NO7S. The van der Waals surface area contributed by atoms with Crippen molar-refractivity contribution in [1.82, 2.24) is 4.72 Å². The Kier molecular flexibility index (Phi) is 6.65. The normalized spacial score (nSPS) is 11.1. The van der Waals surface area contributed by atoms with Crippen LogP contribution in [0.1, 0.15) is 26.5 Å². The summed E-state index contributed by atoms with van der Waals surface area (Å²) in [5.74, 6) is -0.304. The second-order valence-corrected chi connectivity index (χ2v) is 7.89. The number of sulfonamides is 1. The second kappa shape index (κ2) is 9.38. The topological polar surface area (TPSA) is 112 Å². The van der Waals surface area contributed by atoms with Gasteiger partial charge in [-0.25, -0.2) is 17.9 Å². The molecule has 2 aromatic carbocycles. The van der Waals surface area contributed by atoms with Crippen molar-refractivity contribution in [2.45, 2.75) is 11.4 Å². The number of ketones is 1. The molecule has 0 aliphatic carbocycles. The standard InChI is InChI=1S/C21H19NO7S/c1-27-20-7-3-2-6-18(20)19(23)14-29-21(24)15-8-10-17(11-9-15)30(25,26)22-13-16-5-4-12-28-16/h2-12,22H,13-14H2,1H3. The van der Waals surface area contributed by atoms with Crippen LogP contribution in [0.4, 0.5) is 0 Å². The molecule has 8 nitrogen and oxygen atoms in total. The van der Waals surface area contributed by atoms with Crippen molar-refractivity contribution >= 4 is 21.8 Å². The van der Waals surface area contributed by atoms with Gasteiger partial charge in [0.1, 0.15) is 11.5 Å². The first kappa shape index (κ1) is 21.3. The van der Waals surface area contributed by atoms with Crippen LogP contribution in [-0.4, -0.2) is 33.9 Å². The zero-order valence-electron chi connectivity index (χ0n) is 16.0. The van der Waals surface area contributed by atoms with Gasteiger partial charge in [0.15, 0.2) is 6.61 Å². The van der Waals surface area contributed by atoms with E-state index in [-0.39, 0.29) is 17.0 Å². The highest BCUT2D eigenvalue weighted by Crippen LogP contribution is 2.18. The lowest BCUT2D eigenvalue weighted by Gasteiger charge is -2.09.